The van der Waals surface area contributed by atoms with Crippen LogP contribution in [-0.4, -0.2) is 34.6 Å². The Morgan fingerprint density at radius 3 is 2.63 bits per heavy atom. The fourth-order valence-corrected chi connectivity index (χ4v) is 3.57. The van der Waals surface area contributed by atoms with Crippen LogP contribution in [-0.2, 0) is 13.1 Å². The topological polar surface area (TPSA) is 67.5 Å². The van der Waals surface area contributed by atoms with Crippen LogP contribution in [0.4, 0.5) is 0 Å². The Morgan fingerprint density at radius 2 is 1.90 bits per heavy atom. The van der Waals surface area contributed by atoms with Crippen molar-refractivity contribution in [2.75, 3.05) is 19.8 Å². The van der Waals surface area contributed by atoms with Crippen molar-refractivity contribution in [3.8, 4) is 11.5 Å². The molecule has 0 saturated carbocycles. The Kier molecular flexibility index (Phi) is 7.71. The number of nitrogens with one attached hydrogen (secondary N) is 1. The fourth-order valence-electron chi connectivity index (χ4n) is 3.28. The van der Waals surface area contributed by atoms with Gasteiger partial charge in [0, 0.05) is 6.54 Å². The van der Waals surface area contributed by atoms with Gasteiger partial charge in [0.2, 0.25) is 0 Å². The van der Waals surface area contributed by atoms with Crippen molar-refractivity contribution < 1.29 is 9.47 Å². The molecule has 6 nitrogen and oxygen atoms in total. The van der Waals surface area contributed by atoms with E-state index in [1.54, 1.807) is 6.07 Å². The van der Waals surface area contributed by atoms with Crippen LogP contribution in [0.1, 0.15) is 38.6 Å². The average molecular weight is 430 g/mol. The molecular weight excluding hydrogens is 402 g/mol. The standard InChI is InChI=1S/C23H28ClN3O3/c1-4-11-30-22-18(24)12-16(13-20(22)29-6-3)14-27(5-2)15-21-25-19-10-8-7-9-17(19)23(28)26-21/h7-10,12-13H,4-6,11,14-15H2,1-3H3,(H,25,26,28). The van der Waals surface area contributed by atoms with Crippen molar-refractivity contribution in [2.45, 2.75) is 40.3 Å². The molecule has 0 radical (unpaired) electrons. The molecule has 7 heteroatoms. The number of para-hydroxylation sites is 1. The zero-order valence-electron chi connectivity index (χ0n) is 17.7. The lowest BCUT2D eigenvalue weighted by molar-refractivity contribution is 0.260. The molecule has 3 rings (SSSR count). The van der Waals surface area contributed by atoms with Gasteiger partial charge in [0.05, 0.1) is 35.7 Å². The summed E-state index contributed by atoms with van der Waals surface area (Å²) in [5, 5.41) is 1.14. The summed E-state index contributed by atoms with van der Waals surface area (Å²) in [5.74, 6) is 1.88. The molecule has 0 aliphatic heterocycles. The summed E-state index contributed by atoms with van der Waals surface area (Å²) in [6.07, 6.45) is 0.893. The number of nitrogens with zero attached hydrogens (tertiary/aromatic N) is 2. The Hall–Kier alpha value is -2.57. The summed E-state index contributed by atoms with van der Waals surface area (Å²) in [4.78, 5) is 22.0. The van der Waals surface area contributed by atoms with Gasteiger partial charge in [0.25, 0.3) is 5.56 Å². The van der Waals surface area contributed by atoms with Crippen molar-refractivity contribution in [2.24, 2.45) is 0 Å². The lowest BCUT2D eigenvalue weighted by Crippen LogP contribution is -2.25. The highest BCUT2D eigenvalue weighted by Gasteiger charge is 2.15. The third-order valence-electron chi connectivity index (χ3n) is 4.71. The second-order valence-electron chi connectivity index (χ2n) is 7.02. The average Bonchev–Trinajstić information content (AvgIpc) is 2.73. The first kappa shape index (κ1) is 22.1. The third-order valence-corrected chi connectivity index (χ3v) is 4.99. The minimum Gasteiger partial charge on any atom is -0.490 e. The number of ether oxygens (including phenoxy) is 2. The highest BCUT2D eigenvalue weighted by molar-refractivity contribution is 6.32. The highest BCUT2D eigenvalue weighted by Crippen LogP contribution is 2.37. The van der Waals surface area contributed by atoms with Crippen LogP contribution in [0.2, 0.25) is 5.02 Å². The predicted molar refractivity (Wildman–Crippen MR) is 121 cm³/mol. The molecule has 0 aliphatic carbocycles. The lowest BCUT2D eigenvalue weighted by atomic mass is 10.1. The molecule has 0 atom stereocenters. The number of benzene rings is 2. The number of H-pyrrole nitrogens is 1. The van der Waals surface area contributed by atoms with Gasteiger partial charge in [-0.3, -0.25) is 9.69 Å². The van der Waals surface area contributed by atoms with Gasteiger partial charge in [-0.1, -0.05) is 37.6 Å². The summed E-state index contributed by atoms with van der Waals surface area (Å²) in [6, 6.07) is 11.2. The normalized spacial score (nSPS) is 11.2. The van der Waals surface area contributed by atoms with Crippen LogP contribution in [0.3, 0.4) is 0 Å². The molecule has 0 amide bonds. The van der Waals surface area contributed by atoms with Gasteiger partial charge in [-0.15, -0.1) is 0 Å². The van der Waals surface area contributed by atoms with Gasteiger partial charge >= 0.3 is 0 Å². The summed E-state index contributed by atoms with van der Waals surface area (Å²) in [6.45, 7) is 9.11. The molecular formula is C23H28ClN3O3. The maximum absolute atomic E-state index is 12.4. The molecule has 160 valence electrons. The van der Waals surface area contributed by atoms with E-state index in [1.165, 1.54) is 0 Å². The second kappa shape index (κ2) is 10.5. The minimum absolute atomic E-state index is 0.120. The second-order valence-corrected chi connectivity index (χ2v) is 7.43. The lowest BCUT2D eigenvalue weighted by Gasteiger charge is -2.21. The molecule has 0 spiro atoms. The molecule has 30 heavy (non-hydrogen) atoms. The molecule has 1 heterocycles. The molecule has 0 bridgehead atoms. The Bertz CT molecular complexity index is 1050. The van der Waals surface area contributed by atoms with Crippen LogP contribution in [0.15, 0.2) is 41.2 Å². The fraction of sp³-hybridized carbons (Fsp3) is 0.391. The van der Waals surface area contributed by atoms with Gasteiger partial charge in [-0.2, -0.15) is 0 Å². The minimum atomic E-state index is -0.120. The van der Waals surface area contributed by atoms with E-state index in [9.17, 15) is 4.79 Å². The number of hydrogen-bond donors (Lipinski definition) is 1. The van der Waals surface area contributed by atoms with Crippen LogP contribution in [0, 0.1) is 0 Å². The first-order chi connectivity index (χ1) is 14.5. The molecule has 0 unspecified atom stereocenters. The highest BCUT2D eigenvalue weighted by atomic mass is 35.5. The summed E-state index contributed by atoms with van der Waals surface area (Å²) < 4.78 is 11.6. The van der Waals surface area contributed by atoms with Crippen molar-refractivity contribution in [1.29, 1.82) is 0 Å². The Morgan fingerprint density at radius 1 is 1.10 bits per heavy atom. The monoisotopic (exact) mass is 429 g/mol. The smallest absolute Gasteiger partial charge is 0.258 e. The van der Waals surface area contributed by atoms with E-state index in [0.29, 0.717) is 59.6 Å². The number of halogens is 1. The van der Waals surface area contributed by atoms with E-state index in [2.05, 4.69) is 21.8 Å². The summed E-state index contributed by atoms with van der Waals surface area (Å²) in [7, 11) is 0. The van der Waals surface area contributed by atoms with Crippen LogP contribution < -0.4 is 15.0 Å². The van der Waals surface area contributed by atoms with Crippen LogP contribution in [0.25, 0.3) is 10.9 Å². The molecule has 2 aromatic carbocycles. The first-order valence-corrected chi connectivity index (χ1v) is 10.7. The van der Waals surface area contributed by atoms with E-state index in [1.807, 2.05) is 44.2 Å². The van der Waals surface area contributed by atoms with Crippen molar-refractivity contribution in [3.05, 3.63) is 63.2 Å². The van der Waals surface area contributed by atoms with Crippen LogP contribution >= 0.6 is 11.6 Å². The quantitative estimate of drug-likeness (QED) is 0.502. The van der Waals surface area contributed by atoms with Gasteiger partial charge in [-0.05, 0) is 49.7 Å². The van der Waals surface area contributed by atoms with E-state index in [0.717, 1.165) is 18.5 Å². The van der Waals surface area contributed by atoms with Crippen molar-refractivity contribution in [1.82, 2.24) is 14.9 Å². The van der Waals surface area contributed by atoms with Gasteiger partial charge in [0.15, 0.2) is 11.5 Å². The molecule has 0 aliphatic rings. The largest absolute Gasteiger partial charge is 0.490 e. The number of aromatic nitrogens is 2. The zero-order valence-corrected chi connectivity index (χ0v) is 18.5. The maximum atomic E-state index is 12.4. The molecule has 0 saturated heterocycles. The van der Waals surface area contributed by atoms with Crippen molar-refractivity contribution in [3.63, 3.8) is 0 Å². The van der Waals surface area contributed by atoms with E-state index < -0.39 is 0 Å². The SMILES string of the molecule is CCCOc1c(Cl)cc(CN(CC)Cc2nc3ccccc3c(=O)[nH]2)cc1OCC. The molecule has 0 fully saturated rings. The Labute approximate surface area is 181 Å². The number of rotatable bonds is 10. The number of fused-ring (bicyclic) bond motifs is 1. The van der Waals surface area contributed by atoms with E-state index in [4.69, 9.17) is 21.1 Å². The molecule has 1 N–H and O–H groups in total. The summed E-state index contributed by atoms with van der Waals surface area (Å²) in [5.41, 5.74) is 1.59. The van der Waals surface area contributed by atoms with E-state index >= 15 is 0 Å². The van der Waals surface area contributed by atoms with Crippen molar-refractivity contribution >= 4 is 22.5 Å². The van der Waals surface area contributed by atoms with Gasteiger partial charge in [0.1, 0.15) is 5.82 Å². The number of hydrogen-bond acceptors (Lipinski definition) is 5. The predicted octanol–water partition coefficient (Wildman–Crippen LogP) is 4.79. The third kappa shape index (κ3) is 5.32. The molecule has 3 aromatic rings. The van der Waals surface area contributed by atoms with Gasteiger partial charge < -0.3 is 14.5 Å². The van der Waals surface area contributed by atoms with Gasteiger partial charge in [-0.25, -0.2) is 4.98 Å². The first-order valence-electron chi connectivity index (χ1n) is 10.3. The maximum Gasteiger partial charge on any atom is 0.258 e. The molecule has 1 aromatic heterocycles. The number of aromatic amines is 1. The zero-order chi connectivity index (χ0) is 21.5. The van der Waals surface area contributed by atoms with Crippen LogP contribution in [0.5, 0.6) is 11.5 Å². The van der Waals surface area contributed by atoms with E-state index in [-0.39, 0.29) is 5.56 Å². The Balaban J connectivity index is 1.82. The summed E-state index contributed by atoms with van der Waals surface area (Å²) >= 11 is 6.50.